The van der Waals surface area contributed by atoms with Gasteiger partial charge in [-0.1, -0.05) is 146 Å². The molecule has 64 heavy (non-hydrogen) atoms. The Balaban J connectivity index is 1.48. The average Bonchev–Trinajstić information content (AvgIpc) is 3.31. The van der Waals surface area contributed by atoms with Gasteiger partial charge in [-0.3, -0.25) is 14.4 Å². The number of allylic oxidation sites excluding steroid dienone is 12. The van der Waals surface area contributed by atoms with Gasteiger partial charge in [0.05, 0.1) is 23.0 Å². The van der Waals surface area contributed by atoms with Crippen LogP contribution in [0.5, 0.6) is 0 Å². The summed E-state index contributed by atoms with van der Waals surface area (Å²) in [6.45, 7) is 7.39. The minimum absolute atomic E-state index is 0.0453. The number of aliphatic hydroxyl groups is 2. The number of carbonyl (C=O) groups is 3. The molecule has 7 heteroatoms. The molecule has 0 amide bonds. The quantitative estimate of drug-likeness (QED) is 0.0934. The lowest BCUT2D eigenvalue weighted by molar-refractivity contribution is -0.140. The van der Waals surface area contributed by atoms with E-state index in [1.807, 2.05) is 148 Å². The number of benzene rings is 4. The maximum atomic E-state index is 17.3. The number of Topliss-reactive ketones (excluding diaryl/α,β-unsaturated/α-hetero) is 3. The first-order valence-electron chi connectivity index (χ1n) is 22.3. The van der Waals surface area contributed by atoms with Gasteiger partial charge >= 0.3 is 0 Å². The predicted molar refractivity (Wildman–Crippen MR) is 255 cm³/mol. The summed E-state index contributed by atoms with van der Waals surface area (Å²) in [4.78, 5) is 47.7. The zero-order chi connectivity index (χ0) is 45.0. The highest BCUT2D eigenvalue weighted by Crippen LogP contribution is 2.59. The number of dihydropyridines is 2. The topological polar surface area (TPSA) is 116 Å². The maximum Gasteiger partial charge on any atom is 0.193 e. The number of nitrogens with one attached hydrogen (secondary N) is 2. The van der Waals surface area contributed by atoms with Gasteiger partial charge in [0.1, 0.15) is 0 Å². The molecule has 4 unspecified atom stereocenters. The normalized spacial score (nSPS) is 23.7. The Kier molecular flexibility index (Phi) is 12.8. The number of hydrogen-bond donors (Lipinski definition) is 4. The van der Waals surface area contributed by atoms with E-state index in [4.69, 9.17) is 0 Å². The fourth-order valence-corrected chi connectivity index (χ4v) is 10.4. The smallest absolute Gasteiger partial charge is 0.193 e. The first-order chi connectivity index (χ1) is 30.9. The molecule has 0 saturated heterocycles. The van der Waals surface area contributed by atoms with Gasteiger partial charge in [0, 0.05) is 46.5 Å². The van der Waals surface area contributed by atoms with Gasteiger partial charge in [-0.25, -0.2) is 0 Å². The van der Waals surface area contributed by atoms with Crippen molar-refractivity contribution in [1.29, 1.82) is 0 Å². The maximum absolute atomic E-state index is 17.3. The number of aliphatic hydroxyl groups excluding tert-OH is 2. The molecule has 0 saturated carbocycles. The molecule has 7 nitrogen and oxygen atoms in total. The molecule has 0 radical (unpaired) electrons. The fourth-order valence-electron chi connectivity index (χ4n) is 10.4. The van der Waals surface area contributed by atoms with Crippen molar-refractivity contribution < 1.29 is 24.6 Å². The molecule has 6 atom stereocenters. The van der Waals surface area contributed by atoms with Crippen LogP contribution in [-0.4, -0.2) is 39.8 Å². The number of ketones is 3. The van der Waals surface area contributed by atoms with Gasteiger partial charge in [0.15, 0.2) is 17.3 Å². The minimum Gasteiger partial charge on any atom is -0.393 e. The third-order valence-electron chi connectivity index (χ3n) is 13.2. The van der Waals surface area contributed by atoms with Crippen molar-refractivity contribution in [3.63, 3.8) is 0 Å². The van der Waals surface area contributed by atoms with E-state index >= 15 is 14.4 Å². The molecule has 4 aromatic rings. The standard InChI is InChI=1S/C57H56N2O5/c1-37-17-11-13-25-45(37)47-29-51(43-23-15-27-58-35-43)56(31-39(3)60,33-49(47)53(62)41-19-7-5-8-20-41)55(64)57(32-40(4)61)34-50(54(63)42-21-9-6-10-22-42)48(46-26-14-12-18-38(46)2)30-52(57)44-24-16-28-59-36-44/h5-22,25-30,33-36,39-40,51-52,58-61H,23-24,31-32H2,1-4H3/t39-,40-,51?,52?,56?,57?/m1/s1. The molecule has 2 aliphatic carbocycles. The van der Waals surface area contributed by atoms with E-state index in [0.29, 0.717) is 46.3 Å². The van der Waals surface area contributed by atoms with Crippen LogP contribution in [0.1, 0.15) is 82.5 Å². The molecular weight excluding hydrogens is 793 g/mol. The molecule has 0 bridgehead atoms. The fraction of sp³-hybridized carbons (Fsp3) is 0.246. The highest BCUT2D eigenvalue weighted by molar-refractivity contribution is 6.22. The Bertz CT molecular complexity index is 2530. The minimum atomic E-state index is -1.57. The highest BCUT2D eigenvalue weighted by Gasteiger charge is 2.59. The van der Waals surface area contributed by atoms with Crippen LogP contribution < -0.4 is 10.6 Å². The Morgan fingerprint density at radius 1 is 0.578 bits per heavy atom. The molecule has 324 valence electrons. The SMILES string of the molecule is Cc1ccccc1C1=CC(C2=CNC=CC2)C(C[C@@H](C)O)(C(=O)C2(C[C@@H](C)O)C=C(C(=O)c3ccccc3)C(c3ccccc3C)=CC2C2=CNC=CC2)C=C1C(=O)c1ccccc1. The zero-order valence-electron chi connectivity index (χ0n) is 36.9. The monoisotopic (exact) mass is 848 g/mol. The van der Waals surface area contributed by atoms with Crippen LogP contribution in [0.3, 0.4) is 0 Å². The van der Waals surface area contributed by atoms with E-state index in [2.05, 4.69) is 22.8 Å². The Hall–Kier alpha value is -6.67. The number of aryl methyl sites for hydroxylation is 2. The summed E-state index contributed by atoms with van der Waals surface area (Å²) >= 11 is 0. The average molecular weight is 849 g/mol. The number of rotatable bonds is 14. The Labute approximate surface area is 376 Å². The van der Waals surface area contributed by atoms with Crippen LogP contribution in [0.2, 0.25) is 0 Å². The molecular formula is C57H56N2O5. The third-order valence-corrected chi connectivity index (χ3v) is 13.2. The van der Waals surface area contributed by atoms with Crippen LogP contribution in [-0.2, 0) is 4.79 Å². The number of hydrogen-bond acceptors (Lipinski definition) is 7. The van der Waals surface area contributed by atoms with Gasteiger partial charge in [-0.05, 0) is 110 Å². The lowest BCUT2D eigenvalue weighted by Crippen LogP contribution is -2.54. The van der Waals surface area contributed by atoms with Gasteiger partial charge in [-0.15, -0.1) is 0 Å². The van der Waals surface area contributed by atoms with E-state index in [9.17, 15) is 10.2 Å². The Morgan fingerprint density at radius 2 is 0.953 bits per heavy atom. The molecule has 4 N–H and O–H groups in total. The second kappa shape index (κ2) is 18.6. The molecule has 4 aliphatic rings. The van der Waals surface area contributed by atoms with E-state index in [1.54, 1.807) is 38.1 Å². The molecule has 2 aliphatic heterocycles. The lowest BCUT2D eigenvalue weighted by atomic mass is 9.50. The molecule has 0 fully saturated rings. The van der Waals surface area contributed by atoms with Crippen LogP contribution >= 0.6 is 0 Å². The summed E-state index contributed by atoms with van der Waals surface area (Å²) in [5.74, 6) is -2.12. The van der Waals surface area contributed by atoms with Crippen molar-refractivity contribution in [2.24, 2.45) is 22.7 Å². The van der Waals surface area contributed by atoms with Gasteiger partial charge in [-0.2, -0.15) is 0 Å². The van der Waals surface area contributed by atoms with Gasteiger partial charge in [0.25, 0.3) is 0 Å². The molecule has 8 rings (SSSR count). The van der Waals surface area contributed by atoms with Crippen molar-refractivity contribution in [3.05, 3.63) is 226 Å². The third kappa shape index (κ3) is 8.41. The van der Waals surface area contributed by atoms with E-state index in [1.165, 1.54) is 0 Å². The van der Waals surface area contributed by atoms with Crippen molar-refractivity contribution >= 4 is 28.5 Å². The second-order valence-electron chi connectivity index (χ2n) is 17.8. The summed E-state index contributed by atoms with van der Waals surface area (Å²) in [5.41, 5.74) is 5.34. The molecule has 0 spiro atoms. The largest absolute Gasteiger partial charge is 0.393 e. The van der Waals surface area contributed by atoms with Crippen molar-refractivity contribution in [3.8, 4) is 0 Å². The summed E-state index contributed by atoms with van der Waals surface area (Å²) in [6, 6.07) is 34.1. The lowest BCUT2D eigenvalue weighted by Gasteiger charge is -2.50. The van der Waals surface area contributed by atoms with E-state index in [0.717, 1.165) is 33.4 Å². The summed E-state index contributed by atoms with van der Waals surface area (Å²) in [6.07, 6.45) is 18.3. The molecule has 0 aromatic heterocycles. The zero-order valence-corrected chi connectivity index (χ0v) is 36.9. The second-order valence-corrected chi connectivity index (χ2v) is 17.8. The predicted octanol–water partition coefficient (Wildman–Crippen LogP) is 10.5. The van der Waals surface area contributed by atoms with Crippen molar-refractivity contribution in [2.75, 3.05) is 0 Å². The van der Waals surface area contributed by atoms with E-state index < -0.39 is 34.9 Å². The van der Waals surface area contributed by atoms with Gasteiger partial charge in [0.2, 0.25) is 0 Å². The van der Waals surface area contributed by atoms with Crippen LogP contribution in [0.25, 0.3) is 11.1 Å². The van der Waals surface area contributed by atoms with Gasteiger partial charge < -0.3 is 20.8 Å². The molecule has 2 heterocycles. The molecule has 4 aromatic carbocycles. The van der Waals surface area contributed by atoms with E-state index in [-0.39, 0.29) is 30.2 Å². The first kappa shape index (κ1) is 44.0. The van der Waals surface area contributed by atoms with Crippen LogP contribution in [0.4, 0.5) is 0 Å². The van der Waals surface area contributed by atoms with Crippen molar-refractivity contribution in [1.82, 2.24) is 10.6 Å². The van der Waals surface area contributed by atoms with Crippen LogP contribution in [0, 0.1) is 36.5 Å². The highest BCUT2D eigenvalue weighted by atomic mass is 16.3. The summed E-state index contributed by atoms with van der Waals surface area (Å²) in [7, 11) is 0. The number of carbonyl (C=O) groups excluding carboxylic acids is 3. The summed E-state index contributed by atoms with van der Waals surface area (Å²) < 4.78 is 0. The van der Waals surface area contributed by atoms with Crippen molar-refractivity contribution in [2.45, 2.75) is 65.6 Å². The Morgan fingerprint density at radius 3 is 1.30 bits per heavy atom. The first-order valence-corrected chi connectivity index (χ1v) is 22.3. The summed E-state index contributed by atoms with van der Waals surface area (Å²) in [5, 5.41) is 30.1. The van der Waals surface area contributed by atoms with Crippen LogP contribution in [0.15, 0.2) is 193 Å².